The van der Waals surface area contributed by atoms with E-state index in [2.05, 4.69) is 24.5 Å². The van der Waals surface area contributed by atoms with Gasteiger partial charge < -0.3 is 20.1 Å². The number of ether oxygens (including phenoxy) is 2. The van der Waals surface area contributed by atoms with Crippen molar-refractivity contribution in [2.24, 2.45) is 5.92 Å². The van der Waals surface area contributed by atoms with E-state index in [-0.39, 0.29) is 12.5 Å². The maximum atomic E-state index is 12.3. The molecule has 5 nitrogen and oxygen atoms in total. The average molecular weight is 390 g/mol. The summed E-state index contributed by atoms with van der Waals surface area (Å²) in [7, 11) is 0. The van der Waals surface area contributed by atoms with Gasteiger partial charge in [-0.3, -0.25) is 4.79 Å². The molecule has 29 heavy (non-hydrogen) atoms. The molecule has 150 valence electrons. The summed E-state index contributed by atoms with van der Waals surface area (Å²) in [6, 6.07) is 24.5. The predicted octanol–water partition coefficient (Wildman–Crippen LogP) is 5.56. The molecule has 0 saturated heterocycles. The van der Waals surface area contributed by atoms with E-state index in [1.807, 2.05) is 78.9 Å². The van der Waals surface area contributed by atoms with Crippen LogP contribution in [0.4, 0.5) is 11.4 Å². The lowest BCUT2D eigenvalue weighted by Gasteiger charge is -2.14. The van der Waals surface area contributed by atoms with Gasteiger partial charge in [-0.2, -0.15) is 0 Å². The fraction of sp³-hybridized carbons (Fsp3) is 0.208. The highest BCUT2D eigenvalue weighted by Crippen LogP contribution is 2.25. The average Bonchev–Trinajstić information content (AvgIpc) is 2.73. The van der Waals surface area contributed by atoms with Gasteiger partial charge in [0, 0.05) is 5.69 Å². The monoisotopic (exact) mass is 390 g/mol. The molecule has 2 N–H and O–H groups in total. The number of hydrogen-bond acceptors (Lipinski definition) is 4. The number of carbonyl (C=O) groups excluding carboxylic acids is 1. The molecule has 0 aliphatic carbocycles. The molecule has 0 bridgehead atoms. The second-order valence-electron chi connectivity index (χ2n) is 7.04. The highest BCUT2D eigenvalue weighted by Gasteiger charge is 2.08. The van der Waals surface area contributed by atoms with Gasteiger partial charge in [-0.1, -0.05) is 44.2 Å². The number of anilines is 2. The number of carbonyl (C=O) groups is 1. The largest absolute Gasteiger partial charge is 0.491 e. The van der Waals surface area contributed by atoms with E-state index in [0.717, 1.165) is 17.2 Å². The summed E-state index contributed by atoms with van der Waals surface area (Å²) < 4.78 is 11.5. The van der Waals surface area contributed by atoms with Crippen molar-refractivity contribution in [1.29, 1.82) is 0 Å². The Hall–Kier alpha value is -3.47. The highest BCUT2D eigenvalue weighted by atomic mass is 16.5. The second kappa shape index (κ2) is 10.2. The fourth-order valence-electron chi connectivity index (χ4n) is 2.59. The first kappa shape index (κ1) is 20.3. The van der Waals surface area contributed by atoms with Crippen LogP contribution in [0.2, 0.25) is 0 Å². The first-order valence-electron chi connectivity index (χ1n) is 9.68. The normalized spacial score (nSPS) is 10.4. The van der Waals surface area contributed by atoms with Crippen molar-refractivity contribution in [2.45, 2.75) is 13.8 Å². The first-order chi connectivity index (χ1) is 14.1. The standard InChI is InChI=1S/C24H26N2O3/c1-18(2)17-28-23-11-7-6-10-22(23)26-24(27)16-25-19-12-14-21(15-13-19)29-20-8-4-3-5-9-20/h3-15,18,25H,16-17H2,1-2H3,(H,26,27). The summed E-state index contributed by atoms with van der Waals surface area (Å²) >= 11 is 0. The Morgan fingerprint density at radius 1 is 0.862 bits per heavy atom. The van der Waals surface area contributed by atoms with E-state index in [0.29, 0.717) is 24.0 Å². The van der Waals surface area contributed by atoms with Gasteiger partial charge in [0.15, 0.2) is 0 Å². The third-order valence-corrected chi connectivity index (χ3v) is 4.02. The molecule has 0 unspecified atom stereocenters. The highest BCUT2D eigenvalue weighted by molar-refractivity contribution is 5.95. The minimum Gasteiger partial charge on any atom is -0.491 e. The summed E-state index contributed by atoms with van der Waals surface area (Å²) in [5, 5.41) is 6.01. The molecule has 3 rings (SSSR count). The maximum absolute atomic E-state index is 12.3. The van der Waals surface area contributed by atoms with Crippen LogP contribution in [0.3, 0.4) is 0 Å². The summed E-state index contributed by atoms with van der Waals surface area (Å²) in [6.45, 7) is 4.92. The number of hydrogen-bond donors (Lipinski definition) is 2. The van der Waals surface area contributed by atoms with Crippen LogP contribution in [0.15, 0.2) is 78.9 Å². The van der Waals surface area contributed by atoms with E-state index in [4.69, 9.17) is 9.47 Å². The van der Waals surface area contributed by atoms with Gasteiger partial charge in [-0.05, 0) is 54.4 Å². The van der Waals surface area contributed by atoms with Crippen LogP contribution in [-0.4, -0.2) is 19.1 Å². The van der Waals surface area contributed by atoms with Crippen molar-refractivity contribution in [3.8, 4) is 17.2 Å². The van der Waals surface area contributed by atoms with E-state index < -0.39 is 0 Å². The topological polar surface area (TPSA) is 59.6 Å². The number of para-hydroxylation sites is 3. The summed E-state index contributed by atoms with van der Waals surface area (Å²) in [6.07, 6.45) is 0. The molecule has 0 aromatic heterocycles. The van der Waals surface area contributed by atoms with Crippen LogP contribution in [-0.2, 0) is 4.79 Å². The van der Waals surface area contributed by atoms with Crippen molar-refractivity contribution >= 4 is 17.3 Å². The molecule has 3 aromatic carbocycles. The molecule has 0 fully saturated rings. The molecule has 0 heterocycles. The van der Waals surface area contributed by atoms with Gasteiger partial charge in [0.1, 0.15) is 17.2 Å². The van der Waals surface area contributed by atoms with Crippen molar-refractivity contribution in [2.75, 3.05) is 23.8 Å². The van der Waals surface area contributed by atoms with Crippen LogP contribution in [0.1, 0.15) is 13.8 Å². The van der Waals surface area contributed by atoms with Crippen LogP contribution < -0.4 is 20.1 Å². The molecule has 3 aromatic rings. The van der Waals surface area contributed by atoms with E-state index in [1.165, 1.54) is 0 Å². The van der Waals surface area contributed by atoms with Gasteiger partial charge >= 0.3 is 0 Å². The van der Waals surface area contributed by atoms with Crippen LogP contribution in [0.25, 0.3) is 0 Å². The second-order valence-corrected chi connectivity index (χ2v) is 7.04. The Morgan fingerprint density at radius 3 is 2.24 bits per heavy atom. The number of benzene rings is 3. The molecule has 0 aliphatic heterocycles. The fourth-order valence-corrected chi connectivity index (χ4v) is 2.59. The molecular weight excluding hydrogens is 364 g/mol. The quantitative estimate of drug-likeness (QED) is 0.502. The minimum absolute atomic E-state index is 0.143. The van der Waals surface area contributed by atoms with Gasteiger partial charge in [0.05, 0.1) is 18.8 Å². The molecule has 1 amide bonds. The Kier molecular flexibility index (Phi) is 7.11. The van der Waals surface area contributed by atoms with Gasteiger partial charge in [0.2, 0.25) is 5.91 Å². The van der Waals surface area contributed by atoms with Gasteiger partial charge in [-0.25, -0.2) is 0 Å². The van der Waals surface area contributed by atoms with Gasteiger partial charge in [0.25, 0.3) is 0 Å². The maximum Gasteiger partial charge on any atom is 0.243 e. The number of amides is 1. The molecular formula is C24H26N2O3. The van der Waals surface area contributed by atoms with Crippen LogP contribution >= 0.6 is 0 Å². The summed E-state index contributed by atoms with van der Waals surface area (Å²) in [5.41, 5.74) is 1.51. The molecule has 5 heteroatoms. The zero-order valence-corrected chi connectivity index (χ0v) is 16.7. The van der Waals surface area contributed by atoms with Crippen molar-refractivity contribution in [3.63, 3.8) is 0 Å². The smallest absolute Gasteiger partial charge is 0.243 e. The number of nitrogens with one attached hydrogen (secondary N) is 2. The minimum atomic E-state index is -0.143. The number of rotatable bonds is 9. The molecule has 0 atom stereocenters. The summed E-state index contributed by atoms with van der Waals surface area (Å²) in [5.74, 6) is 2.47. The van der Waals surface area contributed by atoms with E-state index >= 15 is 0 Å². The molecule has 0 spiro atoms. The third kappa shape index (κ3) is 6.57. The lowest BCUT2D eigenvalue weighted by molar-refractivity contribution is -0.114. The lowest BCUT2D eigenvalue weighted by atomic mass is 10.2. The Labute approximate surface area is 171 Å². The molecule has 0 saturated carbocycles. The van der Waals surface area contributed by atoms with Crippen LogP contribution in [0, 0.1) is 5.92 Å². The van der Waals surface area contributed by atoms with E-state index in [9.17, 15) is 4.79 Å². The van der Waals surface area contributed by atoms with Crippen molar-refractivity contribution < 1.29 is 14.3 Å². The van der Waals surface area contributed by atoms with Crippen molar-refractivity contribution in [1.82, 2.24) is 0 Å². The van der Waals surface area contributed by atoms with Crippen LogP contribution in [0.5, 0.6) is 17.2 Å². The van der Waals surface area contributed by atoms with Gasteiger partial charge in [-0.15, -0.1) is 0 Å². The Morgan fingerprint density at radius 2 is 1.52 bits per heavy atom. The molecule has 0 aliphatic rings. The zero-order chi connectivity index (χ0) is 20.5. The van der Waals surface area contributed by atoms with Crippen molar-refractivity contribution in [3.05, 3.63) is 78.9 Å². The van der Waals surface area contributed by atoms with E-state index in [1.54, 1.807) is 0 Å². The predicted molar refractivity (Wildman–Crippen MR) is 117 cm³/mol. The first-order valence-corrected chi connectivity index (χ1v) is 9.68. The molecule has 0 radical (unpaired) electrons. The SMILES string of the molecule is CC(C)COc1ccccc1NC(=O)CNc1ccc(Oc2ccccc2)cc1. The summed E-state index contributed by atoms with van der Waals surface area (Å²) in [4.78, 5) is 12.3. The Balaban J connectivity index is 1.51. The Bertz CT molecular complexity index is 909. The zero-order valence-electron chi connectivity index (χ0n) is 16.7. The lowest BCUT2D eigenvalue weighted by Crippen LogP contribution is -2.22. The third-order valence-electron chi connectivity index (χ3n) is 4.02.